The lowest BCUT2D eigenvalue weighted by Gasteiger charge is -2.34. The Kier molecular flexibility index (Phi) is 7.68. The van der Waals surface area contributed by atoms with Gasteiger partial charge in [-0.1, -0.05) is 18.2 Å². The fourth-order valence-electron chi connectivity index (χ4n) is 3.35. The molecule has 7 nitrogen and oxygen atoms in total. The molecule has 0 unspecified atom stereocenters. The van der Waals surface area contributed by atoms with Crippen LogP contribution in [0.5, 0.6) is 5.75 Å². The first-order chi connectivity index (χ1) is 15.2. The fraction of sp³-hybridized carbons (Fsp3) is 0.409. The molecule has 1 fully saturated rings. The monoisotopic (exact) mass is 467 g/mol. The number of piperazine rings is 1. The zero-order chi connectivity index (χ0) is 23.3. The largest absolute Gasteiger partial charge is 0.488 e. The van der Waals surface area contributed by atoms with Gasteiger partial charge in [-0.3, -0.25) is 0 Å². The maximum absolute atomic E-state index is 12.9. The fourth-order valence-corrected chi connectivity index (χ4v) is 4.86. The van der Waals surface area contributed by atoms with Gasteiger partial charge in [0.05, 0.1) is 4.90 Å². The Hall–Kier alpha value is -2.72. The maximum Gasteiger partial charge on any atom is 0.317 e. The van der Waals surface area contributed by atoms with Crippen molar-refractivity contribution in [2.45, 2.75) is 31.7 Å². The quantitative estimate of drug-likeness (QED) is 0.679. The predicted octanol–water partition coefficient (Wildman–Crippen LogP) is 3.16. The molecule has 32 heavy (non-hydrogen) atoms. The van der Waals surface area contributed by atoms with Crippen LogP contribution >= 0.6 is 0 Å². The van der Waals surface area contributed by atoms with Crippen molar-refractivity contribution in [3.05, 3.63) is 59.2 Å². The number of aryl methyl sites for hydroxylation is 2. The third-order valence-electron chi connectivity index (χ3n) is 5.36. The second kappa shape index (κ2) is 10.3. The van der Waals surface area contributed by atoms with E-state index in [2.05, 4.69) is 5.32 Å². The highest BCUT2D eigenvalue weighted by molar-refractivity contribution is 7.89. The molecule has 0 spiro atoms. The van der Waals surface area contributed by atoms with Crippen molar-refractivity contribution >= 4 is 16.1 Å². The average molecular weight is 468 g/mol. The van der Waals surface area contributed by atoms with Crippen molar-refractivity contribution in [2.75, 3.05) is 32.8 Å². The molecule has 3 rings (SSSR count). The molecule has 1 heterocycles. The topological polar surface area (TPSA) is 79.0 Å². The van der Waals surface area contributed by atoms with Gasteiger partial charge in [0.2, 0.25) is 10.0 Å². The summed E-state index contributed by atoms with van der Waals surface area (Å²) in [6, 6.07) is 11.3. The zero-order valence-corrected chi connectivity index (χ0v) is 18.9. The van der Waals surface area contributed by atoms with E-state index in [4.69, 9.17) is 4.74 Å². The summed E-state index contributed by atoms with van der Waals surface area (Å²) in [6.45, 7) is 4.27. The first kappa shape index (κ1) is 23.9. The van der Waals surface area contributed by atoms with Crippen LogP contribution in [0.3, 0.4) is 0 Å². The molecule has 1 aliphatic heterocycles. The number of rotatable bonds is 7. The van der Waals surface area contributed by atoms with E-state index in [0.29, 0.717) is 11.3 Å². The van der Waals surface area contributed by atoms with E-state index in [1.165, 1.54) is 4.31 Å². The van der Waals surface area contributed by atoms with Crippen LogP contribution in [0, 0.1) is 13.8 Å². The van der Waals surface area contributed by atoms with E-state index < -0.39 is 23.1 Å². The third-order valence-corrected chi connectivity index (χ3v) is 7.25. The van der Waals surface area contributed by atoms with Gasteiger partial charge in [-0.05, 0) is 54.8 Å². The van der Waals surface area contributed by atoms with Gasteiger partial charge in [0.15, 0.2) is 0 Å². The minimum absolute atomic E-state index is 0.200. The summed E-state index contributed by atoms with van der Waals surface area (Å²) in [4.78, 5) is 14.3. The second-order valence-corrected chi connectivity index (χ2v) is 9.58. The summed E-state index contributed by atoms with van der Waals surface area (Å²) in [6.07, 6.45) is -2.56. The van der Waals surface area contributed by atoms with Crippen LogP contribution < -0.4 is 10.1 Å². The summed E-state index contributed by atoms with van der Waals surface area (Å²) in [7, 11) is -3.61. The van der Waals surface area contributed by atoms with E-state index >= 15 is 0 Å². The zero-order valence-electron chi connectivity index (χ0n) is 18.1. The molecule has 1 saturated heterocycles. The van der Waals surface area contributed by atoms with Crippen LogP contribution in [0.2, 0.25) is 0 Å². The third kappa shape index (κ3) is 5.95. The van der Waals surface area contributed by atoms with Crippen molar-refractivity contribution in [1.82, 2.24) is 14.5 Å². The Morgan fingerprint density at radius 1 is 1.06 bits per heavy atom. The van der Waals surface area contributed by atoms with Crippen LogP contribution in [-0.2, 0) is 16.6 Å². The number of halogens is 2. The first-order valence-electron chi connectivity index (χ1n) is 10.3. The van der Waals surface area contributed by atoms with Gasteiger partial charge in [-0.15, -0.1) is 0 Å². The van der Waals surface area contributed by atoms with Gasteiger partial charge >= 0.3 is 6.03 Å². The summed E-state index contributed by atoms with van der Waals surface area (Å²) in [5.41, 5.74) is 2.64. The van der Waals surface area contributed by atoms with Crippen LogP contribution in [0.15, 0.2) is 47.4 Å². The second-order valence-electron chi connectivity index (χ2n) is 7.65. The maximum atomic E-state index is 12.9. The lowest BCUT2D eigenvalue weighted by molar-refractivity contribution is 0.0818. The molecular formula is C22H27F2N3O4S. The van der Waals surface area contributed by atoms with Gasteiger partial charge in [0.25, 0.3) is 6.43 Å². The summed E-state index contributed by atoms with van der Waals surface area (Å²) in [5, 5.41) is 2.78. The molecule has 1 N–H and O–H groups in total. The smallest absolute Gasteiger partial charge is 0.317 e. The van der Waals surface area contributed by atoms with Gasteiger partial charge in [0.1, 0.15) is 12.4 Å². The van der Waals surface area contributed by atoms with Crippen LogP contribution in [0.1, 0.15) is 16.7 Å². The minimum atomic E-state index is -3.61. The van der Waals surface area contributed by atoms with Crippen molar-refractivity contribution in [3.8, 4) is 5.75 Å². The lowest BCUT2D eigenvalue weighted by Crippen LogP contribution is -2.52. The summed E-state index contributed by atoms with van der Waals surface area (Å²) in [5.74, 6) is 0.308. The van der Waals surface area contributed by atoms with Crippen LogP contribution in [-0.4, -0.2) is 62.9 Å². The molecule has 10 heteroatoms. The number of urea groups is 1. The summed E-state index contributed by atoms with van der Waals surface area (Å²) < 4.78 is 56.8. The van der Waals surface area contributed by atoms with Crippen LogP contribution in [0.25, 0.3) is 0 Å². The molecule has 174 valence electrons. The van der Waals surface area contributed by atoms with Crippen LogP contribution in [0.4, 0.5) is 13.6 Å². The Labute approximate surface area is 187 Å². The number of amides is 2. The van der Waals surface area contributed by atoms with Gasteiger partial charge in [-0.25, -0.2) is 22.0 Å². The highest BCUT2D eigenvalue weighted by Crippen LogP contribution is 2.20. The number of alkyl halides is 2. The Bertz CT molecular complexity index is 1050. The van der Waals surface area contributed by atoms with Crippen molar-refractivity contribution < 1.29 is 26.7 Å². The molecule has 2 aromatic carbocycles. The number of hydrogen-bond donors (Lipinski definition) is 1. The van der Waals surface area contributed by atoms with Crippen molar-refractivity contribution in [3.63, 3.8) is 0 Å². The van der Waals surface area contributed by atoms with Gasteiger partial charge in [0, 0.05) is 32.7 Å². The highest BCUT2D eigenvalue weighted by atomic mass is 32.2. The number of carbonyl (C=O) groups excluding carboxylic acids is 1. The Balaban J connectivity index is 1.52. The number of ether oxygens (including phenoxy) is 1. The molecule has 0 atom stereocenters. The molecule has 0 bridgehead atoms. The molecule has 2 aromatic rings. The first-order valence-corrected chi connectivity index (χ1v) is 11.7. The Morgan fingerprint density at radius 3 is 2.44 bits per heavy atom. The lowest BCUT2D eigenvalue weighted by atomic mass is 10.1. The van der Waals surface area contributed by atoms with Crippen molar-refractivity contribution in [1.29, 1.82) is 0 Å². The average Bonchev–Trinajstić information content (AvgIpc) is 2.78. The molecule has 1 aliphatic rings. The molecule has 0 aromatic heterocycles. The van der Waals surface area contributed by atoms with E-state index in [9.17, 15) is 22.0 Å². The normalized spacial score (nSPS) is 15.1. The number of nitrogens with zero attached hydrogens (tertiary/aromatic N) is 2. The number of nitrogens with one attached hydrogen (secondary N) is 1. The Morgan fingerprint density at radius 2 is 1.78 bits per heavy atom. The van der Waals surface area contributed by atoms with E-state index in [0.717, 1.165) is 11.1 Å². The molecule has 2 amide bonds. The summed E-state index contributed by atoms with van der Waals surface area (Å²) >= 11 is 0. The highest BCUT2D eigenvalue weighted by Gasteiger charge is 2.30. The van der Waals surface area contributed by atoms with Crippen molar-refractivity contribution in [2.24, 2.45) is 0 Å². The standard InChI is InChI=1S/C22H27F2N3O4S/c1-16-6-7-20(12-17(16)2)32(29,30)27-10-8-26(9-11-27)22(28)25-14-18-4-3-5-19(13-18)31-15-21(23)24/h3-7,12-13,21H,8-11,14-15H2,1-2H3,(H,25,28). The van der Waals surface area contributed by atoms with E-state index in [1.54, 1.807) is 47.4 Å². The minimum Gasteiger partial charge on any atom is -0.488 e. The number of carbonyl (C=O) groups is 1. The molecule has 0 saturated carbocycles. The molecular weight excluding hydrogens is 440 g/mol. The predicted molar refractivity (Wildman–Crippen MR) is 116 cm³/mol. The number of sulfonamides is 1. The van der Waals surface area contributed by atoms with Gasteiger partial charge in [-0.2, -0.15) is 4.31 Å². The SMILES string of the molecule is Cc1ccc(S(=O)(=O)N2CCN(C(=O)NCc3cccc(OCC(F)F)c3)CC2)cc1C. The number of benzene rings is 2. The molecule has 0 aliphatic carbocycles. The van der Waals surface area contributed by atoms with Gasteiger partial charge < -0.3 is 15.0 Å². The number of hydrogen-bond acceptors (Lipinski definition) is 4. The van der Waals surface area contributed by atoms with E-state index in [-0.39, 0.29) is 43.7 Å². The molecule has 0 radical (unpaired) electrons. The van der Waals surface area contributed by atoms with E-state index in [1.807, 2.05) is 13.8 Å².